The van der Waals surface area contributed by atoms with Crippen LogP contribution < -0.4 is 5.73 Å². The molecule has 0 aliphatic carbocycles. The van der Waals surface area contributed by atoms with E-state index in [1.807, 2.05) is 0 Å². The standard InChI is InChI=1S/C13H8F3N3O3/c14-13(15,16)8-3-7(6-1-2-22-5-6)4-19-10(17)9(12(20)21)18-11(8)19/h1-5H,17H2,(H,20,21). The largest absolute Gasteiger partial charge is 0.476 e. The van der Waals surface area contributed by atoms with Crippen LogP contribution in [0, 0.1) is 0 Å². The number of fused-ring (bicyclic) bond motifs is 1. The van der Waals surface area contributed by atoms with Gasteiger partial charge in [-0.25, -0.2) is 9.78 Å². The Balaban J connectivity index is 2.39. The summed E-state index contributed by atoms with van der Waals surface area (Å²) < 4.78 is 45.4. The van der Waals surface area contributed by atoms with Gasteiger partial charge >= 0.3 is 12.1 Å². The van der Waals surface area contributed by atoms with Gasteiger partial charge in [0.05, 0.1) is 18.1 Å². The molecule has 0 radical (unpaired) electrons. The third kappa shape index (κ3) is 2.07. The first-order valence-corrected chi connectivity index (χ1v) is 5.93. The molecule has 3 N–H and O–H groups in total. The Morgan fingerprint density at radius 2 is 2.09 bits per heavy atom. The van der Waals surface area contributed by atoms with Gasteiger partial charge in [0, 0.05) is 17.3 Å². The Morgan fingerprint density at radius 3 is 2.64 bits per heavy atom. The minimum absolute atomic E-state index is 0.176. The van der Waals surface area contributed by atoms with Crippen LogP contribution in [0.15, 0.2) is 35.3 Å². The fourth-order valence-electron chi connectivity index (χ4n) is 2.11. The molecule has 0 saturated heterocycles. The summed E-state index contributed by atoms with van der Waals surface area (Å²) in [5.41, 5.74) is 3.91. The lowest BCUT2D eigenvalue weighted by Gasteiger charge is -2.10. The van der Waals surface area contributed by atoms with E-state index in [-0.39, 0.29) is 11.4 Å². The maximum absolute atomic E-state index is 13.2. The van der Waals surface area contributed by atoms with Crippen LogP contribution in [0.25, 0.3) is 16.8 Å². The summed E-state index contributed by atoms with van der Waals surface area (Å²) in [6.07, 6.45) is -0.849. The minimum atomic E-state index is -4.71. The molecule has 0 bridgehead atoms. The van der Waals surface area contributed by atoms with E-state index in [1.54, 1.807) is 0 Å². The zero-order valence-electron chi connectivity index (χ0n) is 10.8. The van der Waals surface area contributed by atoms with E-state index in [4.69, 9.17) is 15.3 Å². The van der Waals surface area contributed by atoms with E-state index in [1.165, 1.54) is 24.8 Å². The van der Waals surface area contributed by atoms with Gasteiger partial charge in [-0.15, -0.1) is 0 Å². The SMILES string of the molecule is Nc1c(C(=O)O)nc2c(C(F)(F)F)cc(-c3ccoc3)cn12. The molecular weight excluding hydrogens is 303 g/mol. The molecule has 0 saturated carbocycles. The fraction of sp³-hybridized carbons (Fsp3) is 0.0769. The molecule has 0 spiro atoms. The number of nitrogens with zero attached hydrogens (tertiary/aromatic N) is 2. The monoisotopic (exact) mass is 311 g/mol. The molecule has 0 amide bonds. The van der Waals surface area contributed by atoms with Crippen molar-refractivity contribution < 1.29 is 27.5 Å². The first kappa shape index (κ1) is 14.0. The predicted molar refractivity (Wildman–Crippen MR) is 69.3 cm³/mol. The topological polar surface area (TPSA) is 93.8 Å². The van der Waals surface area contributed by atoms with Gasteiger partial charge in [-0.3, -0.25) is 4.40 Å². The van der Waals surface area contributed by atoms with Crippen LogP contribution in [0.5, 0.6) is 0 Å². The summed E-state index contributed by atoms with van der Waals surface area (Å²) >= 11 is 0. The molecule has 3 rings (SSSR count). The first-order valence-electron chi connectivity index (χ1n) is 5.93. The highest BCUT2D eigenvalue weighted by molar-refractivity contribution is 5.92. The maximum atomic E-state index is 13.2. The average molecular weight is 311 g/mol. The highest BCUT2D eigenvalue weighted by Crippen LogP contribution is 2.36. The maximum Gasteiger partial charge on any atom is 0.420 e. The van der Waals surface area contributed by atoms with Gasteiger partial charge in [-0.2, -0.15) is 13.2 Å². The van der Waals surface area contributed by atoms with E-state index >= 15 is 0 Å². The lowest BCUT2D eigenvalue weighted by Crippen LogP contribution is -2.09. The number of aromatic nitrogens is 2. The lowest BCUT2D eigenvalue weighted by atomic mass is 10.1. The van der Waals surface area contributed by atoms with Crippen molar-refractivity contribution in [2.24, 2.45) is 0 Å². The summed E-state index contributed by atoms with van der Waals surface area (Å²) in [5, 5.41) is 8.96. The number of halogens is 3. The molecule has 0 aliphatic rings. The molecule has 3 aromatic heterocycles. The van der Waals surface area contributed by atoms with Crippen LogP contribution in [0.1, 0.15) is 16.1 Å². The molecule has 9 heteroatoms. The molecule has 0 fully saturated rings. The Morgan fingerprint density at radius 1 is 1.36 bits per heavy atom. The van der Waals surface area contributed by atoms with Crippen molar-refractivity contribution in [2.45, 2.75) is 6.18 Å². The average Bonchev–Trinajstić information content (AvgIpc) is 3.05. The van der Waals surface area contributed by atoms with E-state index in [0.717, 1.165) is 10.5 Å². The number of hydrogen-bond donors (Lipinski definition) is 2. The quantitative estimate of drug-likeness (QED) is 0.759. The smallest absolute Gasteiger partial charge is 0.420 e. The zero-order valence-corrected chi connectivity index (χ0v) is 10.8. The Hall–Kier alpha value is -2.97. The zero-order chi connectivity index (χ0) is 16.1. The third-order valence-corrected chi connectivity index (χ3v) is 3.12. The van der Waals surface area contributed by atoms with Crippen molar-refractivity contribution in [3.63, 3.8) is 0 Å². The van der Waals surface area contributed by atoms with Gasteiger partial charge in [-0.1, -0.05) is 0 Å². The number of carboxylic acid groups (broad SMARTS) is 1. The molecule has 0 aliphatic heterocycles. The van der Waals surface area contributed by atoms with Crippen molar-refractivity contribution in [2.75, 3.05) is 5.73 Å². The predicted octanol–water partition coefficient (Wildman–Crippen LogP) is 2.89. The minimum Gasteiger partial charge on any atom is -0.476 e. The van der Waals surface area contributed by atoms with Gasteiger partial charge in [-0.05, 0) is 12.1 Å². The number of aromatic carboxylic acids is 1. The highest BCUT2D eigenvalue weighted by atomic mass is 19.4. The van der Waals surface area contributed by atoms with Gasteiger partial charge < -0.3 is 15.3 Å². The molecule has 0 unspecified atom stereocenters. The molecule has 6 nitrogen and oxygen atoms in total. The second kappa shape index (κ2) is 4.52. The number of rotatable bonds is 2. The van der Waals surface area contributed by atoms with Crippen LogP contribution in [0.3, 0.4) is 0 Å². The van der Waals surface area contributed by atoms with Crippen LogP contribution in [0.2, 0.25) is 0 Å². The van der Waals surface area contributed by atoms with E-state index in [2.05, 4.69) is 4.98 Å². The molecule has 22 heavy (non-hydrogen) atoms. The van der Waals surface area contributed by atoms with Crippen molar-refractivity contribution >= 4 is 17.4 Å². The molecule has 3 heterocycles. The van der Waals surface area contributed by atoms with Crippen LogP contribution in [-0.2, 0) is 6.18 Å². The number of imidazole rings is 1. The van der Waals surface area contributed by atoms with Crippen LogP contribution in [0.4, 0.5) is 19.0 Å². The second-order valence-electron chi connectivity index (χ2n) is 4.50. The first-order chi connectivity index (χ1) is 10.3. The molecule has 0 aromatic carbocycles. The Bertz CT molecular complexity index is 866. The van der Waals surface area contributed by atoms with Crippen molar-refractivity contribution in [1.29, 1.82) is 0 Å². The molecular formula is C13H8F3N3O3. The van der Waals surface area contributed by atoms with Crippen molar-refractivity contribution in [1.82, 2.24) is 9.38 Å². The number of hydrogen-bond acceptors (Lipinski definition) is 4. The lowest BCUT2D eigenvalue weighted by molar-refractivity contribution is -0.136. The van der Waals surface area contributed by atoms with Gasteiger partial charge in [0.25, 0.3) is 0 Å². The summed E-state index contributed by atoms with van der Waals surface area (Å²) in [6.45, 7) is 0. The van der Waals surface area contributed by atoms with E-state index < -0.39 is 29.1 Å². The normalized spacial score (nSPS) is 12.0. The van der Waals surface area contributed by atoms with Gasteiger partial charge in [0.2, 0.25) is 0 Å². The number of nitrogen functional groups attached to an aromatic ring is 1. The van der Waals surface area contributed by atoms with E-state index in [9.17, 15) is 18.0 Å². The van der Waals surface area contributed by atoms with Crippen molar-refractivity contribution in [3.8, 4) is 11.1 Å². The summed E-state index contributed by atoms with van der Waals surface area (Å²) in [6, 6.07) is 2.35. The summed E-state index contributed by atoms with van der Waals surface area (Å²) in [5.74, 6) is -1.88. The van der Waals surface area contributed by atoms with Crippen LogP contribution in [-0.4, -0.2) is 20.5 Å². The van der Waals surface area contributed by atoms with Crippen LogP contribution >= 0.6 is 0 Å². The van der Waals surface area contributed by atoms with Gasteiger partial charge in [0.15, 0.2) is 11.3 Å². The number of carbonyl (C=O) groups is 1. The number of furan rings is 1. The number of nitrogens with two attached hydrogens (primary N) is 1. The number of anilines is 1. The Labute approximate surface area is 120 Å². The highest BCUT2D eigenvalue weighted by Gasteiger charge is 2.36. The summed E-state index contributed by atoms with van der Waals surface area (Å²) in [4.78, 5) is 14.5. The van der Waals surface area contributed by atoms with Crippen molar-refractivity contribution in [3.05, 3.63) is 42.1 Å². The van der Waals surface area contributed by atoms with E-state index in [0.29, 0.717) is 5.56 Å². The third-order valence-electron chi connectivity index (χ3n) is 3.12. The van der Waals surface area contributed by atoms with Gasteiger partial charge in [0.1, 0.15) is 5.82 Å². The number of carboxylic acids is 1. The fourth-order valence-corrected chi connectivity index (χ4v) is 2.11. The Kier molecular flexibility index (Phi) is 2.87. The number of pyridine rings is 1. The summed E-state index contributed by atoms with van der Waals surface area (Å²) in [7, 11) is 0. The number of alkyl halides is 3. The molecule has 0 atom stereocenters. The molecule has 3 aromatic rings. The molecule has 114 valence electrons. The second-order valence-corrected chi connectivity index (χ2v) is 4.50.